The maximum absolute atomic E-state index is 13.7. The number of para-hydroxylation sites is 1. The van der Waals surface area contributed by atoms with Gasteiger partial charge in [-0.05, 0) is 24.3 Å². The number of nitriles is 1. The second-order valence-corrected chi connectivity index (χ2v) is 3.85. The quantitative estimate of drug-likeness (QED) is 0.844. The summed E-state index contributed by atoms with van der Waals surface area (Å²) in [6, 6.07) is 13.4. The van der Waals surface area contributed by atoms with Gasteiger partial charge in [0.2, 0.25) is 0 Å². The maximum atomic E-state index is 13.7. The van der Waals surface area contributed by atoms with Crippen LogP contribution in [0.4, 0.5) is 4.39 Å². The van der Waals surface area contributed by atoms with Crippen LogP contribution in [0.2, 0.25) is 0 Å². The second-order valence-electron chi connectivity index (χ2n) is 3.85. The van der Waals surface area contributed by atoms with Crippen LogP contribution < -0.4 is 9.47 Å². The van der Waals surface area contributed by atoms with Gasteiger partial charge < -0.3 is 9.47 Å². The monoisotopic (exact) mass is 257 g/mol. The minimum absolute atomic E-state index is 0.0640. The predicted octanol–water partition coefficient (Wildman–Crippen LogP) is 3.28. The largest absolute Gasteiger partial charge is 0.497 e. The van der Waals surface area contributed by atoms with Crippen LogP contribution in [0.15, 0.2) is 42.5 Å². The molecule has 19 heavy (non-hydrogen) atoms. The minimum atomic E-state index is -0.395. The standard InChI is InChI=1S/C15H12FNO2/c1-18-13-7-6-12(14(16)8-13)10-19-15-5-3-2-4-11(15)9-17/h2-8H,10H2,1H3. The van der Waals surface area contributed by atoms with Crippen LogP contribution in [0.25, 0.3) is 0 Å². The lowest BCUT2D eigenvalue weighted by atomic mass is 10.2. The zero-order valence-electron chi connectivity index (χ0n) is 10.4. The molecule has 0 aliphatic carbocycles. The number of ether oxygens (including phenoxy) is 2. The first kappa shape index (κ1) is 12.9. The normalized spacial score (nSPS) is 9.74. The molecule has 0 radical (unpaired) electrons. The Bertz CT molecular complexity index is 620. The van der Waals surface area contributed by atoms with Crippen molar-refractivity contribution in [2.45, 2.75) is 6.61 Å². The third-order valence-electron chi connectivity index (χ3n) is 2.65. The molecule has 96 valence electrons. The molecule has 0 amide bonds. The van der Waals surface area contributed by atoms with E-state index in [0.29, 0.717) is 22.6 Å². The van der Waals surface area contributed by atoms with Gasteiger partial charge in [0.05, 0.1) is 12.7 Å². The summed E-state index contributed by atoms with van der Waals surface area (Å²) in [4.78, 5) is 0. The van der Waals surface area contributed by atoms with Crippen molar-refractivity contribution in [3.63, 3.8) is 0 Å². The second kappa shape index (κ2) is 5.87. The molecular formula is C15H12FNO2. The molecule has 4 heteroatoms. The molecule has 3 nitrogen and oxygen atoms in total. The van der Waals surface area contributed by atoms with Crippen molar-refractivity contribution in [2.75, 3.05) is 7.11 Å². The van der Waals surface area contributed by atoms with Gasteiger partial charge in [0.15, 0.2) is 0 Å². The van der Waals surface area contributed by atoms with Crippen molar-refractivity contribution >= 4 is 0 Å². The van der Waals surface area contributed by atoms with Crippen molar-refractivity contribution < 1.29 is 13.9 Å². The van der Waals surface area contributed by atoms with Gasteiger partial charge in [0.1, 0.15) is 30.0 Å². The Labute approximate surface area is 110 Å². The van der Waals surface area contributed by atoms with Crippen LogP contribution in [0.3, 0.4) is 0 Å². The Hall–Kier alpha value is -2.54. The Kier molecular flexibility index (Phi) is 3.99. The van der Waals surface area contributed by atoms with Crippen LogP contribution in [0, 0.1) is 17.1 Å². The number of halogens is 1. The van der Waals surface area contributed by atoms with Crippen molar-refractivity contribution in [2.24, 2.45) is 0 Å². The number of methoxy groups -OCH3 is 1. The average molecular weight is 257 g/mol. The lowest BCUT2D eigenvalue weighted by molar-refractivity contribution is 0.298. The van der Waals surface area contributed by atoms with E-state index in [1.54, 1.807) is 36.4 Å². The van der Waals surface area contributed by atoms with Gasteiger partial charge in [0, 0.05) is 11.6 Å². The zero-order chi connectivity index (χ0) is 13.7. The molecule has 2 aromatic carbocycles. The van der Waals surface area contributed by atoms with Gasteiger partial charge in [-0.3, -0.25) is 0 Å². The highest BCUT2D eigenvalue weighted by Gasteiger charge is 2.07. The number of benzene rings is 2. The number of rotatable bonds is 4. The van der Waals surface area contributed by atoms with E-state index < -0.39 is 5.82 Å². The van der Waals surface area contributed by atoms with E-state index in [1.165, 1.54) is 13.2 Å². The molecule has 0 N–H and O–H groups in total. The van der Waals surface area contributed by atoms with Gasteiger partial charge in [-0.1, -0.05) is 12.1 Å². The molecule has 2 aromatic rings. The average Bonchev–Trinajstić information content (AvgIpc) is 2.46. The first-order chi connectivity index (χ1) is 9.24. The molecule has 0 spiro atoms. The number of hydrogen-bond donors (Lipinski definition) is 0. The first-order valence-electron chi connectivity index (χ1n) is 5.69. The minimum Gasteiger partial charge on any atom is -0.497 e. The summed E-state index contributed by atoms with van der Waals surface area (Å²) in [6.45, 7) is 0.0640. The fourth-order valence-corrected chi connectivity index (χ4v) is 1.61. The lowest BCUT2D eigenvalue weighted by Crippen LogP contribution is -2.00. The smallest absolute Gasteiger partial charge is 0.137 e. The van der Waals surface area contributed by atoms with Gasteiger partial charge in [-0.2, -0.15) is 5.26 Å². The zero-order valence-corrected chi connectivity index (χ0v) is 10.4. The molecule has 0 atom stereocenters. The SMILES string of the molecule is COc1ccc(COc2ccccc2C#N)c(F)c1. The molecule has 0 bridgehead atoms. The van der Waals surface area contributed by atoms with Crippen LogP contribution in [-0.2, 0) is 6.61 Å². The van der Waals surface area contributed by atoms with E-state index >= 15 is 0 Å². The van der Waals surface area contributed by atoms with E-state index in [9.17, 15) is 4.39 Å². The molecule has 0 saturated heterocycles. The summed E-state index contributed by atoms with van der Waals surface area (Å²) in [5.74, 6) is 0.507. The van der Waals surface area contributed by atoms with E-state index in [0.717, 1.165) is 0 Å². The van der Waals surface area contributed by atoms with E-state index in [-0.39, 0.29) is 6.61 Å². The van der Waals surface area contributed by atoms with Gasteiger partial charge >= 0.3 is 0 Å². The van der Waals surface area contributed by atoms with Crippen LogP contribution in [0.1, 0.15) is 11.1 Å². The van der Waals surface area contributed by atoms with Crippen molar-refractivity contribution in [3.8, 4) is 17.6 Å². The third-order valence-corrected chi connectivity index (χ3v) is 2.65. The van der Waals surface area contributed by atoms with Gasteiger partial charge in [-0.25, -0.2) is 4.39 Å². The molecule has 2 rings (SSSR count). The fourth-order valence-electron chi connectivity index (χ4n) is 1.61. The maximum Gasteiger partial charge on any atom is 0.137 e. The van der Waals surface area contributed by atoms with E-state index in [4.69, 9.17) is 14.7 Å². The fraction of sp³-hybridized carbons (Fsp3) is 0.133. The Morgan fingerprint density at radius 2 is 2.00 bits per heavy atom. The topological polar surface area (TPSA) is 42.2 Å². The summed E-state index contributed by atoms with van der Waals surface area (Å²) in [6.07, 6.45) is 0. The molecule has 0 aliphatic heterocycles. The Morgan fingerprint density at radius 1 is 1.21 bits per heavy atom. The summed E-state index contributed by atoms with van der Waals surface area (Å²) >= 11 is 0. The highest BCUT2D eigenvalue weighted by atomic mass is 19.1. The number of nitrogens with zero attached hydrogens (tertiary/aromatic N) is 1. The van der Waals surface area contributed by atoms with Crippen LogP contribution >= 0.6 is 0 Å². The summed E-state index contributed by atoms with van der Waals surface area (Å²) in [5.41, 5.74) is 0.838. The van der Waals surface area contributed by atoms with Gasteiger partial charge in [-0.15, -0.1) is 0 Å². The van der Waals surface area contributed by atoms with Crippen LogP contribution in [0.5, 0.6) is 11.5 Å². The highest BCUT2D eigenvalue weighted by Crippen LogP contribution is 2.21. The molecule has 0 heterocycles. The molecule has 0 unspecified atom stereocenters. The predicted molar refractivity (Wildman–Crippen MR) is 68.4 cm³/mol. The lowest BCUT2D eigenvalue weighted by Gasteiger charge is -2.09. The van der Waals surface area contributed by atoms with Gasteiger partial charge in [0.25, 0.3) is 0 Å². The number of hydrogen-bond acceptors (Lipinski definition) is 3. The molecule has 0 fully saturated rings. The van der Waals surface area contributed by atoms with E-state index in [1.807, 2.05) is 6.07 Å². The Morgan fingerprint density at radius 3 is 2.68 bits per heavy atom. The first-order valence-corrected chi connectivity index (χ1v) is 5.69. The Balaban J connectivity index is 2.13. The van der Waals surface area contributed by atoms with Crippen molar-refractivity contribution in [3.05, 3.63) is 59.4 Å². The third kappa shape index (κ3) is 3.02. The summed E-state index contributed by atoms with van der Waals surface area (Å²) in [7, 11) is 1.48. The molecule has 0 aliphatic rings. The van der Waals surface area contributed by atoms with E-state index in [2.05, 4.69) is 0 Å². The summed E-state index contributed by atoms with van der Waals surface area (Å²) in [5, 5.41) is 8.92. The summed E-state index contributed by atoms with van der Waals surface area (Å²) < 4.78 is 24.1. The highest BCUT2D eigenvalue weighted by molar-refractivity contribution is 5.42. The van der Waals surface area contributed by atoms with Crippen molar-refractivity contribution in [1.29, 1.82) is 5.26 Å². The molecule has 0 aromatic heterocycles. The van der Waals surface area contributed by atoms with Crippen LogP contribution in [-0.4, -0.2) is 7.11 Å². The van der Waals surface area contributed by atoms with Crippen molar-refractivity contribution in [1.82, 2.24) is 0 Å². The molecule has 0 saturated carbocycles. The molecular weight excluding hydrogens is 245 g/mol.